The van der Waals surface area contributed by atoms with E-state index < -0.39 is 0 Å². The summed E-state index contributed by atoms with van der Waals surface area (Å²) < 4.78 is 9.03. The van der Waals surface area contributed by atoms with Crippen molar-refractivity contribution < 1.29 is 9.53 Å². The van der Waals surface area contributed by atoms with Gasteiger partial charge in [-0.2, -0.15) is 5.10 Å². The fraction of sp³-hybridized carbons (Fsp3) is 0.424. The zero-order valence-electron chi connectivity index (χ0n) is 25.1. The molecular formula is C33H41N5O3. The van der Waals surface area contributed by atoms with Gasteiger partial charge in [0, 0.05) is 36.2 Å². The number of benzene rings is 2. The second kappa shape index (κ2) is 13.1. The molecule has 0 N–H and O–H groups in total. The van der Waals surface area contributed by atoms with Crippen LogP contribution >= 0.6 is 0 Å². The third kappa shape index (κ3) is 7.57. The van der Waals surface area contributed by atoms with E-state index >= 15 is 0 Å². The lowest BCUT2D eigenvalue weighted by Gasteiger charge is -2.19. The number of hydrogen-bond donors (Lipinski definition) is 0. The van der Waals surface area contributed by atoms with E-state index in [4.69, 9.17) is 9.84 Å². The summed E-state index contributed by atoms with van der Waals surface area (Å²) in [6, 6.07) is 16.2. The van der Waals surface area contributed by atoms with Gasteiger partial charge in [0.05, 0.1) is 18.8 Å². The molecule has 2 aromatic carbocycles. The second-order valence-corrected chi connectivity index (χ2v) is 11.4. The summed E-state index contributed by atoms with van der Waals surface area (Å²) in [6.45, 7) is 13.6. The first-order valence-electron chi connectivity index (χ1n) is 14.4. The quantitative estimate of drug-likeness (QED) is 0.227. The molecule has 2 aromatic heterocycles. The van der Waals surface area contributed by atoms with Crippen molar-refractivity contribution in [2.45, 2.75) is 85.7 Å². The van der Waals surface area contributed by atoms with Crippen LogP contribution in [0.4, 0.5) is 0 Å². The molecule has 0 aliphatic rings. The molecule has 4 aromatic rings. The van der Waals surface area contributed by atoms with Gasteiger partial charge in [0.25, 0.3) is 0 Å². The molecule has 0 atom stereocenters. The predicted octanol–water partition coefficient (Wildman–Crippen LogP) is 5.57. The summed E-state index contributed by atoms with van der Waals surface area (Å²) >= 11 is 0. The number of hydrogen-bond acceptors (Lipinski definition) is 6. The van der Waals surface area contributed by atoms with Gasteiger partial charge in [-0.15, -0.1) is 0 Å². The largest absolute Gasteiger partial charge is 0.494 e. The maximum atomic E-state index is 13.1. The zero-order valence-corrected chi connectivity index (χ0v) is 25.1. The molecule has 2 heterocycles. The summed E-state index contributed by atoms with van der Waals surface area (Å²) in [6.07, 6.45) is 4.09. The van der Waals surface area contributed by atoms with Gasteiger partial charge >= 0.3 is 5.69 Å². The average Bonchev–Trinajstić information content (AvgIpc) is 3.23. The summed E-state index contributed by atoms with van der Waals surface area (Å²) in [5.74, 6) is 1.60. The number of Topliss-reactive ketones (excluding diaryl/α,β-unsaturated/α-hetero) is 1. The maximum Gasteiger partial charge on any atom is 0.346 e. The Morgan fingerprint density at radius 1 is 0.976 bits per heavy atom. The number of ether oxygens (including phenoxy) is 1. The summed E-state index contributed by atoms with van der Waals surface area (Å²) in [7, 11) is 0. The van der Waals surface area contributed by atoms with Crippen molar-refractivity contribution >= 4 is 5.78 Å². The third-order valence-electron chi connectivity index (χ3n) is 7.12. The average molecular weight is 556 g/mol. The van der Waals surface area contributed by atoms with Crippen molar-refractivity contribution in [3.63, 3.8) is 0 Å². The first-order chi connectivity index (χ1) is 19.6. The Morgan fingerprint density at radius 3 is 2.39 bits per heavy atom. The van der Waals surface area contributed by atoms with E-state index in [1.165, 1.54) is 5.56 Å². The van der Waals surface area contributed by atoms with Gasteiger partial charge in [0.2, 0.25) is 0 Å². The molecule has 0 saturated heterocycles. The molecule has 0 saturated carbocycles. The number of rotatable bonds is 12. The lowest BCUT2D eigenvalue weighted by Crippen LogP contribution is -2.25. The standard InChI is InChI=1S/C33H41N5O3/c1-7-37-31(36-38(32(37)40)21-24-12-15-27(16-13-24)33(4,5)6)11-9-10-28-20-29(35-22-34-28)25-14-17-30(41-8-2)26(19-25)18-23(3)39/h12-17,19-20,22H,7-11,18,21H2,1-6H3. The van der Waals surface area contributed by atoms with Crippen LogP contribution in [0.3, 0.4) is 0 Å². The minimum atomic E-state index is -0.0800. The Balaban J connectivity index is 1.45. The van der Waals surface area contributed by atoms with E-state index in [1.54, 1.807) is 22.5 Å². The van der Waals surface area contributed by atoms with Gasteiger partial charge in [0.1, 0.15) is 23.7 Å². The van der Waals surface area contributed by atoms with Crippen molar-refractivity contribution in [1.29, 1.82) is 0 Å². The summed E-state index contributed by atoms with van der Waals surface area (Å²) in [4.78, 5) is 33.8. The zero-order chi connectivity index (χ0) is 29.6. The number of carbonyl (C=O) groups excluding carboxylic acids is 1. The van der Waals surface area contributed by atoms with Gasteiger partial charge < -0.3 is 4.74 Å². The van der Waals surface area contributed by atoms with Gasteiger partial charge in [-0.25, -0.2) is 19.4 Å². The SMILES string of the molecule is CCOc1ccc(-c2cc(CCCc3nn(Cc4ccc(C(C)(C)C)cc4)c(=O)n3CC)ncn2)cc1CC(C)=O. The molecule has 0 amide bonds. The van der Waals surface area contributed by atoms with Crippen LogP contribution in [0.5, 0.6) is 5.75 Å². The van der Waals surface area contributed by atoms with Crippen LogP contribution in [0.25, 0.3) is 11.3 Å². The van der Waals surface area contributed by atoms with Crippen LogP contribution < -0.4 is 10.4 Å². The van der Waals surface area contributed by atoms with Crippen LogP contribution in [0, 0.1) is 0 Å². The van der Waals surface area contributed by atoms with Gasteiger partial charge in [0.15, 0.2) is 0 Å². The summed E-state index contributed by atoms with van der Waals surface area (Å²) in [5.41, 5.74) is 5.82. The molecule has 0 bridgehead atoms. The van der Waals surface area contributed by atoms with Gasteiger partial charge in [-0.3, -0.25) is 9.36 Å². The first-order valence-corrected chi connectivity index (χ1v) is 14.4. The van der Waals surface area contributed by atoms with Crippen molar-refractivity contribution in [1.82, 2.24) is 24.3 Å². The van der Waals surface area contributed by atoms with Crippen LogP contribution in [0.15, 0.2) is 59.7 Å². The predicted molar refractivity (Wildman–Crippen MR) is 161 cm³/mol. The van der Waals surface area contributed by atoms with E-state index in [9.17, 15) is 9.59 Å². The minimum absolute atomic E-state index is 0.0800. The molecule has 216 valence electrons. The third-order valence-corrected chi connectivity index (χ3v) is 7.12. The maximum absolute atomic E-state index is 13.1. The smallest absolute Gasteiger partial charge is 0.346 e. The Labute approximate surface area is 242 Å². The molecule has 0 aliphatic carbocycles. The molecule has 8 heteroatoms. The highest BCUT2D eigenvalue weighted by Gasteiger charge is 2.16. The Morgan fingerprint density at radius 2 is 1.73 bits per heavy atom. The fourth-order valence-corrected chi connectivity index (χ4v) is 4.94. The van der Waals surface area contributed by atoms with E-state index in [0.29, 0.717) is 32.5 Å². The Kier molecular flexibility index (Phi) is 9.53. The van der Waals surface area contributed by atoms with Crippen LogP contribution in [-0.4, -0.2) is 36.7 Å². The van der Waals surface area contributed by atoms with Crippen molar-refractivity contribution in [2.24, 2.45) is 0 Å². The van der Waals surface area contributed by atoms with E-state index in [1.807, 2.05) is 38.1 Å². The van der Waals surface area contributed by atoms with Crippen molar-refractivity contribution in [2.75, 3.05) is 6.61 Å². The lowest BCUT2D eigenvalue weighted by molar-refractivity contribution is -0.116. The first kappa shape index (κ1) is 29.9. The number of aryl methyl sites for hydroxylation is 2. The highest BCUT2D eigenvalue weighted by Crippen LogP contribution is 2.27. The van der Waals surface area contributed by atoms with Gasteiger partial charge in [-0.1, -0.05) is 45.0 Å². The van der Waals surface area contributed by atoms with Crippen molar-refractivity contribution in [3.05, 3.63) is 93.6 Å². The number of carbonyl (C=O) groups is 1. The van der Waals surface area contributed by atoms with E-state index in [2.05, 4.69) is 55.0 Å². The molecule has 41 heavy (non-hydrogen) atoms. The minimum Gasteiger partial charge on any atom is -0.494 e. The Hall–Kier alpha value is -4.07. The number of aromatic nitrogens is 5. The number of ketones is 1. The van der Waals surface area contributed by atoms with Crippen LogP contribution in [0.1, 0.15) is 76.2 Å². The summed E-state index contributed by atoms with van der Waals surface area (Å²) in [5, 5.41) is 4.69. The van der Waals surface area contributed by atoms with Crippen molar-refractivity contribution in [3.8, 4) is 17.0 Å². The molecule has 0 spiro atoms. The highest BCUT2D eigenvalue weighted by molar-refractivity contribution is 5.79. The molecule has 0 aliphatic heterocycles. The topological polar surface area (TPSA) is 91.9 Å². The van der Waals surface area contributed by atoms with E-state index in [0.717, 1.165) is 52.5 Å². The Bertz CT molecular complexity index is 1540. The van der Waals surface area contributed by atoms with Crippen LogP contribution in [-0.2, 0) is 42.6 Å². The van der Waals surface area contributed by atoms with Gasteiger partial charge in [-0.05, 0) is 74.4 Å². The molecule has 0 radical (unpaired) electrons. The molecular weight excluding hydrogens is 514 g/mol. The molecule has 8 nitrogen and oxygen atoms in total. The fourth-order valence-electron chi connectivity index (χ4n) is 4.94. The highest BCUT2D eigenvalue weighted by atomic mass is 16.5. The molecule has 0 unspecified atom stereocenters. The lowest BCUT2D eigenvalue weighted by atomic mass is 9.87. The monoisotopic (exact) mass is 555 g/mol. The van der Waals surface area contributed by atoms with E-state index in [-0.39, 0.29) is 16.9 Å². The number of nitrogens with zero attached hydrogens (tertiary/aromatic N) is 5. The molecule has 0 fully saturated rings. The second-order valence-electron chi connectivity index (χ2n) is 11.4. The molecule has 4 rings (SSSR count). The normalized spacial score (nSPS) is 11.6. The van der Waals surface area contributed by atoms with Crippen LogP contribution in [0.2, 0.25) is 0 Å².